The molecule has 0 unspecified atom stereocenters. The second kappa shape index (κ2) is 7.91. The predicted molar refractivity (Wildman–Crippen MR) is 88.0 cm³/mol. The predicted octanol–water partition coefficient (Wildman–Crippen LogP) is 1.67. The Bertz CT molecular complexity index is 910. The number of carbonyl (C=O) groups excluding carboxylic acids is 2. The van der Waals surface area contributed by atoms with Gasteiger partial charge >= 0.3 is 5.97 Å². The van der Waals surface area contributed by atoms with Crippen molar-refractivity contribution < 1.29 is 31.5 Å². The molecule has 0 fully saturated rings. The number of nitrogens with one attached hydrogen (secondary N) is 2. The van der Waals surface area contributed by atoms with Crippen molar-refractivity contribution in [2.45, 2.75) is 4.90 Å². The Balaban J connectivity index is 2.11. The fourth-order valence-electron chi connectivity index (χ4n) is 1.91. The zero-order chi connectivity index (χ0) is 19.3. The topological polar surface area (TPSA) is 102 Å². The standard InChI is InChI=1S/C16H14F2N2O5S/c1-25-15(21)9-19-16(22)10-2-4-13(5-3-10)20-26(23,24)14-7-11(17)6-12(18)8-14/h2-8,20H,9H2,1H3,(H,19,22). The maximum absolute atomic E-state index is 13.2. The summed E-state index contributed by atoms with van der Waals surface area (Å²) in [6.07, 6.45) is 0. The van der Waals surface area contributed by atoms with Crippen LogP contribution in [0.3, 0.4) is 0 Å². The largest absolute Gasteiger partial charge is 0.468 e. The average molecular weight is 384 g/mol. The van der Waals surface area contributed by atoms with Crippen molar-refractivity contribution in [1.29, 1.82) is 0 Å². The van der Waals surface area contributed by atoms with E-state index in [4.69, 9.17) is 0 Å². The van der Waals surface area contributed by atoms with Crippen LogP contribution in [-0.2, 0) is 19.6 Å². The van der Waals surface area contributed by atoms with E-state index < -0.39 is 38.4 Å². The molecule has 1 amide bonds. The summed E-state index contributed by atoms with van der Waals surface area (Å²) in [4.78, 5) is 22.2. The lowest BCUT2D eigenvalue weighted by Crippen LogP contribution is -2.30. The van der Waals surface area contributed by atoms with Gasteiger partial charge in [-0.25, -0.2) is 17.2 Å². The molecule has 0 saturated heterocycles. The van der Waals surface area contributed by atoms with Crippen molar-refractivity contribution in [2.75, 3.05) is 18.4 Å². The lowest BCUT2D eigenvalue weighted by Gasteiger charge is -2.09. The summed E-state index contributed by atoms with van der Waals surface area (Å²) >= 11 is 0. The maximum Gasteiger partial charge on any atom is 0.325 e. The number of amides is 1. The van der Waals surface area contributed by atoms with E-state index in [-0.39, 0.29) is 17.8 Å². The van der Waals surface area contributed by atoms with Crippen LogP contribution in [0.5, 0.6) is 0 Å². The zero-order valence-corrected chi connectivity index (χ0v) is 14.3. The fourth-order valence-corrected chi connectivity index (χ4v) is 3.01. The first-order valence-corrected chi connectivity index (χ1v) is 8.63. The lowest BCUT2D eigenvalue weighted by molar-refractivity contribution is -0.139. The van der Waals surface area contributed by atoms with Crippen LogP contribution in [0, 0.1) is 11.6 Å². The molecule has 7 nitrogen and oxygen atoms in total. The number of carbonyl (C=O) groups is 2. The second-order valence-corrected chi connectivity index (χ2v) is 6.73. The molecule has 2 N–H and O–H groups in total. The second-order valence-electron chi connectivity index (χ2n) is 5.05. The molecule has 10 heteroatoms. The highest BCUT2D eigenvalue weighted by Crippen LogP contribution is 2.18. The Labute approximate surface area is 148 Å². The van der Waals surface area contributed by atoms with Crippen LogP contribution in [-0.4, -0.2) is 33.9 Å². The first kappa shape index (κ1) is 19.3. The maximum atomic E-state index is 13.2. The van der Waals surface area contributed by atoms with E-state index in [0.29, 0.717) is 18.2 Å². The molecule has 0 aliphatic heterocycles. The molecular formula is C16H14F2N2O5S. The van der Waals surface area contributed by atoms with Crippen molar-refractivity contribution in [3.63, 3.8) is 0 Å². The van der Waals surface area contributed by atoms with Gasteiger partial charge in [0, 0.05) is 17.3 Å². The van der Waals surface area contributed by atoms with Gasteiger partial charge in [0.25, 0.3) is 15.9 Å². The van der Waals surface area contributed by atoms with Gasteiger partial charge in [0.1, 0.15) is 18.2 Å². The molecule has 0 atom stereocenters. The van der Waals surface area contributed by atoms with Crippen molar-refractivity contribution in [3.8, 4) is 0 Å². The minimum absolute atomic E-state index is 0.0826. The Morgan fingerprint density at radius 3 is 2.15 bits per heavy atom. The number of anilines is 1. The molecular weight excluding hydrogens is 370 g/mol. The average Bonchev–Trinajstić information content (AvgIpc) is 2.58. The zero-order valence-electron chi connectivity index (χ0n) is 13.5. The summed E-state index contributed by atoms with van der Waals surface area (Å²) in [5, 5.41) is 2.32. The molecule has 26 heavy (non-hydrogen) atoms. The van der Waals surface area contributed by atoms with Gasteiger partial charge in [0.2, 0.25) is 0 Å². The number of hydrogen-bond acceptors (Lipinski definition) is 5. The minimum atomic E-state index is -4.21. The molecule has 138 valence electrons. The van der Waals surface area contributed by atoms with Gasteiger partial charge in [0.15, 0.2) is 0 Å². The summed E-state index contributed by atoms with van der Waals surface area (Å²) in [6, 6.07) is 7.13. The Hall–Kier alpha value is -3.01. The summed E-state index contributed by atoms with van der Waals surface area (Å²) in [5.74, 6) is -3.23. The minimum Gasteiger partial charge on any atom is -0.468 e. The highest BCUT2D eigenvalue weighted by molar-refractivity contribution is 7.92. The van der Waals surface area contributed by atoms with Crippen LogP contribution in [0.2, 0.25) is 0 Å². The molecule has 2 aromatic rings. The normalized spacial score (nSPS) is 10.9. The highest BCUT2D eigenvalue weighted by Gasteiger charge is 2.17. The van der Waals surface area contributed by atoms with Gasteiger partial charge in [-0.05, 0) is 36.4 Å². The molecule has 2 rings (SSSR count). The van der Waals surface area contributed by atoms with Crippen molar-refractivity contribution in [1.82, 2.24) is 5.32 Å². The van der Waals surface area contributed by atoms with E-state index in [0.717, 1.165) is 0 Å². The van der Waals surface area contributed by atoms with E-state index in [1.54, 1.807) is 0 Å². The number of rotatable bonds is 6. The van der Waals surface area contributed by atoms with E-state index in [1.807, 2.05) is 0 Å². The van der Waals surface area contributed by atoms with Gasteiger partial charge in [-0.1, -0.05) is 0 Å². The van der Waals surface area contributed by atoms with E-state index in [9.17, 15) is 26.8 Å². The SMILES string of the molecule is COC(=O)CNC(=O)c1ccc(NS(=O)(=O)c2cc(F)cc(F)c2)cc1. The summed E-state index contributed by atoms with van der Waals surface area (Å²) in [5.41, 5.74) is 0.257. The number of hydrogen-bond donors (Lipinski definition) is 2. The van der Waals surface area contributed by atoms with E-state index >= 15 is 0 Å². The van der Waals surface area contributed by atoms with Crippen LogP contribution >= 0.6 is 0 Å². The van der Waals surface area contributed by atoms with Crippen LogP contribution in [0.25, 0.3) is 0 Å². The number of esters is 1. The third-order valence-corrected chi connectivity index (χ3v) is 4.53. The van der Waals surface area contributed by atoms with Crippen molar-refractivity contribution in [2.24, 2.45) is 0 Å². The Morgan fingerprint density at radius 2 is 1.62 bits per heavy atom. The lowest BCUT2D eigenvalue weighted by atomic mass is 10.2. The highest BCUT2D eigenvalue weighted by atomic mass is 32.2. The third-order valence-electron chi connectivity index (χ3n) is 3.17. The van der Waals surface area contributed by atoms with E-state index in [1.165, 1.54) is 31.4 Å². The molecule has 0 aromatic heterocycles. The van der Waals surface area contributed by atoms with Crippen LogP contribution < -0.4 is 10.0 Å². The molecule has 0 aliphatic rings. The van der Waals surface area contributed by atoms with Crippen LogP contribution in [0.4, 0.5) is 14.5 Å². The van der Waals surface area contributed by atoms with Gasteiger partial charge in [-0.2, -0.15) is 0 Å². The smallest absolute Gasteiger partial charge is 0.325 e. The van der Waals surface area contributed by atoms with Gasteiger partial charge < -0.3 is 10.1 Å². The number of halogens is 2. The van der Waals surface area contributed by atoms with Gasteiger partial charge in [-0.3, -0.25) is 14.3 Å². The monoisotopic (exact) mass is 384 g/mol. The van der Waals surface area contributed by atoms with Gasteiger partial charge in [-0.15, -0.1) is 0 Å². The Kier molecular flexibility index (Phi) is 5.88. The van der Waals surface area contributed by atoms with Crippen molar-refractivity contribution >= 4 is 27.6 Å². The molecule has 0 aliphatic carbocycles. The number of benzene rings is 2. The summed E-state index contributed by atoms with van der Waals surface area (Å²) in [6.45, 7) is -0.311. The number of methoxy groups -OCH3 is 1. The molecule has 0 heterocycles. The fraction of sp³-hybridized carbons (Fsp3) is 0.125. The molecule has 2 aromatic carbocycles. The molecule has 0 saturated carbocycles. The third kappa shape index (κ3) is 4.99. The van der Waals surface area contributed by atoms with E-state index in [2.05, 4.69) is 14.8 Å². The molecule has 0 spiro atoms. The number of ether oxygens (including phenoxy) is 1. The molecule has 0 radical (unpaired) electrons. The number of sulfonamides is 1. The van der Waals surface area contributed by atoms with Gasteiger partial charge in [0.05, 0.1) is 12.0 Å². The first-order chi connectivity index (χ1) is 12.2. The Morgan fingerprint density at radius 1 is 1.04 bits per heavy atom. The molecule has 0 bridgehead atoms. The quantitative estimate of drug-likeness (QED) is 0.738. The van der Waals surface area contributed by atoms with Crippen LogP contribution in [0.1, 0.15) is 10.4 Å². The summed E-state index contributed by atoms with van der Waals surface area (Å²) in [7, 11) is -3.03. The van der Waals surface area contributed by atoms with Crippen molar-refractivity contribution in [3.05, 3.63) is 59.7 Å². The van der Waals surface area contributed by atoms with Crippen LogP contribution in [0.15, 0.2) is 47.4 Å². The summed E-state index contributed by atoms with van der Waals surface area (Å²) < 4.78 is 57.2. The first-order valence-electron chi connectivity index (χ1n) is 7.15.